The first-order chi connectivity index (χ1) is 19.2. The average molecular weight is 567 g/mol. The number of likely N-dealkylation sites (tertiary alicyclic amines) is 1. The molecule has 0 spiro atoms. The number of hydrogen-bond donors (Lipinski definition) is 2. The molecule has 0 saturated carbocycles. The molecule has 4 rings (SSSR count). The number of ether oxygens (including phenoxy) is 1. The van der Waals surface area contributed by atoms with Crippen molar-refractivity contribution in [2.24, 2.45) is 11.8 Å². The van der Waals surface area contributed by atoms with Crippen molar-refractivity contribution in [3.8, 4) is 0 Å². The van der Waals surface area contributed by atoms with E-state index in [4.69, 9.17) is 19.0 Å². The molecule has 4 unspecified atom stereocenters. The summed E-state index contributed by atoms with van der Waals surface area (Å²) in [4.78, 5) is 36.6. The second-order valence-corrected chi connectivity index (χ2v) is 13.0. The number of aromatic nitrogens is 2. The highest BCUT2D eigenvalue weighted by Gasteiger charge is 2.52. The summed E-state index contributed by atoms with van der Waals surface area (Å²) in [6, 6.07) is 4.84. The minimum absolute atomic E-state index is 0.105. The molecule has 2 saturated heterocycles. The first kappa shape index (κ1) is 31.1. The molecule has 2 aliphatic heterocycles. The Kier molecular flexibility index (Phi) is 8.95. The normalized spacial score (nSPS) is 24.2. The summed E-state index contributed by atoms with van der Waals surface area (Å²) in [7, 11) is 0.821. The summed E-state index contributed by atoms with van der Waals surface area (Å²) in [5.74, 6) is 0.564. The van der Waals surface area contributed by atoms with Gasteiger partial charge in [-0.05, 0) is 77.4 Å². The maximum atomic E-state index is 14.1. The Hall–Kier alpha value is -2.85. The fraction of sp³-hybridized carbons (Fsp3) is 0.645. The quantitative estimate of drug-likeness (QED) is 0.317. The van der Waals surface area contributed by atoms with Crippen LogP contribution >= 0.6 is 0 Å². The number of methoxy groups -OCH3 is 1. The number of rotatable bonds is 9. The van der Waals surface area contributed by atoms with Gasteiger partial charge in [-0.1, -0.05) is 45.4 Å². The van der Waals surface area contributed by atoms with Crippen molar-refractivity contribution in [1.82, 2.24) is 20.2 Å². The molecule has 0 aliphatic carbocycles. The van der Waals surface area contributed by atoms with Crippen LogP contribution in [0.5, 0.6) is 0 Å². The number of H-pyrrole nitrogens is 1. The number of nitrogens with zero attached hydrogens (tertiary/aromatic N) is 2. The van der Waals surface area contributed by atoms with Crippen LogP contribution in [0.4, 0.5) is 4.79 Å². The van der Waals surface area contributed by atoms with Crippen LogP contribution in [0, 0.1) is 11.8 Å². The van der Waals surface area contributed by atoms with E-state index in [0.29, 0.717) is 6.42 Å². The Balaban J connectivity index is 1.69. The lowest BCUT2D eigenvalue weighted by Gasteiger charge is -2.33. The predicted octanol–water partition coefficient (Wildman–Crippen LogP) is 5.27. The van der Waals surface area contributed by atoms with E-state index in [-0.39, 0.29) is 29.8 Å². The number of fused-ring (bicyclic) bond motifs is 1. The number of amides is 2. The minimum atomic E-state index is -0.727. The van der Waals surface area contributed by atoms with E-state index in [2.05, 4.69) is 30.7 Å². The first-order valence-corrected chi connectivity index (χ1v) is 14.9. The van der Waals surface area contributed by atoms with Crippen LogP contribution in [0.1, 0.15) is 92.9 Å². The zero-order valence-corrected chi connectivity index (χ0v) is 26.2. The Morgan fingerprint density at radius 2 is 1.90 bits per heavy atom. The number of imidazole rings is 1. The molecule has 3 heterocycles. The monoisotopic (exact) mass is 566 g/mol. The molecule has 10 heteroatoms. The molecular weight excluding hydrogens is 519 g/mol. The number of nitrogens with one attached hydrogen (secondary N) is 2. The molecule has 2 aliphatic rings. The third-order valence-electron chi connectivity index (χ3n) is 9.22. The minimum Gasteiger partial charge on any atom is -0.453 e. The fourth-order valence-corrected chi connectivity index (χ4v) is 5.91. The molecule has 2 amide bonds. The standard InChI is InChI=1S/C31H47BN4O5/c1-11-12-13-19(4)22-17-25(36(20(22)5)28(37)26(18(2)3)35-29(38)39-10)27-33-23-15-14-21(16-24(23)34-27)32-40-30(6,7)31(8,9)41-32/h14-16,18,20,22,25-26H,4,11-13,17H2,1-3,5-10H3,(H,33,34)(H,35,38). The van der Waals surface area contributed by atoms with Crippen molar-refractivity contribution in [2.75, 3.05) is 7.11 Å². The number of hydrogen-bond acceptors (Lipinski definition) is 6. The van der Waals surface area contributed by atoms with Crippen molar-refractivity contribution in [1.29, 1.82) is 0 Å². The van der Waals surface area contributed by atoms with E-state index >= 15 is 0 Å². The highest BCUT2D eigenvalue weighted by atomic mass is 16.7. The van der Waals surface area contributed by atoms with Gasteiger partial charge >= 0.3 is 13.2 Å². The number of benzene rings is 1. The molecule has 2 N–H and O–H groups in total. The molecule has 1 aromatic heterocycles. The van der Waals surface area contributed by atoms with Gasteiger partial charge in [0.15, 0.2) is 0 Å². The van der Waals surface area contributed by atoms with Gasteiger partial charge in [-0.2, -0.15) is 0 Å². The van der Waals surface area contributed by atoms with E-state index < -0.39 is 30.5 Å². The average Bonchev–Trinajstić information content (AvgIpc) is 3.55. The largest absolute Gasteiger partial charge is 0.494 e. The van der Waals surface area contributed by atoms with Crippen LogP contribution in [0.3, 0.4) is 0 Å². The molecule has 2 aromatic rings. The van der Waals surface area contributed by atoms with E-state index in [1.807, 2.05) is 64.6 Å². The topological polar surface area (TPSA) is 106 Å². The van der Waals surface area contributed by atoms with Crippen molar-refractivity contribution in [3.63, 3.8) is 0 Å². The highest BCUT2D eigenvalue weighted by Crippen LogP contribution is 2.44. The molecule has 2 fully saturated rings. The number of carbonyl (C=O) groups excluding carboxylic acids is 2. The van der Waals surface area contributed by atoms with Crippen molar-refractivity contribution in [2.45, 2.75) is 110 Å². The van der Waals surface area contributed by atoms with Crippen LogP contribution in [-0.2, 0) is 18.8 Å². The summed E-state index contributed by atoms with van der Waals surface area (Å²) in [5.41, 5.74) is 2.85. The summed E-state index contributed by atoms with van der Waals surface area (Å²) in [6.45, 7) is 20.7. The van der Waals surface area contributed by atoms with Crippen LogP contribution in [0.15, 0.2) is 30.4 Å². The summed E-state index contributed by atoms with van der Waals surface area (Å²) < 4.78 is 17.4. The summed E-state index contributed by atoms with van der Waals surface area (Å²) in [5, 5.41) is 2.76. The molecule has 4 atom stereocenters. The number of alkyl carbamates (subject to hydrolysis) is 1. The maximum absolute atomic E-state index is 14.1. The van der Waals surface area contributed by atoms with Crippen LogP contribution in [-0.4, -0.2) is 64.4 Å². The molecular formula is C31H47BN4O5. The summed E-state index contributed by atoms with van der Waals surface area (Å²) >= 11 is 0. The maximum Gasteiger partial charge on any atom is 0.494 e. The van der Waals surface area contributed by atoms with Gasteiger partial charge in [0.2, 0.25) is 5.91 Å². The molecule has 1 aromatic carbocycles. The SMILES string of the molecule is C=C(CCCC)C1CC(c2nc3ccc(B4OC(C)(C)C(C)(C)O4)cc3[nH]2)N(C(=O)C(NC(=O)OC)C(C)C)C1C. The van der Waals surface area contributed by atoms with E-state index in [9.17, 15) is 9.59 Å². The van der Waals surface area contributed by atoms with Crippen molar-refractivity contribution >= 4 is 35.6 Å². The summed E-state index contributed by atoms with van der Waals surface area (Å²) in [6.07, 6.45) is 3.15. The van der Waals surface area contributed by atoms with Crippen molar-refractivity contribution in [3.05, 3.63) is 36.2 Å². The lowest BCUT2D eigenvalue weighted by Crippen LogP contribution is -2.53. The van der Waals surface area contributed by atoms with Crippen LogP contribution in [0.2, 0.25) is 0 Å². The van der Waals surface area contributed by atoms with Crippen LogP contribution in [0.25, 0.3) is 11.0 Å². The number of aromatic amines is 1. The van der Waals surface area contributed by atoms with Gasteiger partial charge in [0.05, 0.1) is 35.4 Å². The van der Waals surface area contributed by atoms with E-state index in [1.165, 1.54) is 7.11 Å². The Bertz CT molecular complexity index is 1270. The second kappa shape index (κ2) is 11.8. The third kappa shape index (κ3) is 6.05. The third-order valence-corrected chi connectivity index (χ3v) is 9.22. The Labute approximate surface area is 244 Å². The molecule has 9 nitrogen and oxygen atoms in total. The molecule has 41 heavy (non-hydrogen) atoms. The lowest BCUT2D eigenvalue weighted by atomic mass is 9.79. The highest BCUT2D eigenvalue weighted by molar-refractivity contribution is 6.62. The van der Waals surface area contributed by atoms with Gasteiger partial charge < -0.3 is 29.2 Å². The first-order valence-electron chi connectivity index (χ1n) is 14.9. The molecule has 0 radical (unpaired) electrons. The van der Waals surface area contributed by atoms with E-state index in [0.717, 1.165) is 47.2 Å². The Morgan fingerprint density at radius 1 is 1.24 bits per heavy atom. The van der Waals surface area contributed by atoms with Gasteiger partial charge in [0.1, 0.15) is 11.9 Å². The van der Waals surface area contributed by atoms with Crippen LogP contribution < -0.4 is 10.8 Å². The molecule has 224 valence electrons. The molecule has 0 bridgehead atoms. The second-order valence-electron chi connectivity index (χ2n) is 13.0. The lowest BCUT2D eigenvalue weighted by molar-refractivity contribution is -0.137. The van der Waals surface area contributed by atoms with Gasteiger partial charge in [-0.3, -0.25) is 4.79 Å². The Morgan fingerprint density at radius 3 is 2.49 bits per heavy atom. The van der Waals surface area contributed by atoms with Crippen molar-refractivity contribution < 1.29 is 23.6 Å². The number of carbonyl (C=O) groups is 2. The predicted molar refractivity (Wildman–Crippen MR) is 162 cm³/mol. The zero-order chi connectivity index (χ0) is 30.3. The van der Waals surface area contributed by atoms with Gasteiger partial charge in [0, 0.05) is 12.0 Å². The number of unbranched alkanes of at least 4 members (excludes halogenated alkanes) is 1. The zero-order valence-electron chi connectivity index (χ0n) is 26.2. The van der Waals surface area contributed by atoms with Gasteiger partial charge in [-0.15, -0.1) is 0 Å². The van der Waals surface area contributed by atoms with E-state index in [1.54, 1.807) is 0 Å². The fourth-order valence-electron chi connectivity index (χ4n) is 5.91. The van der Waals surface area contributed by atoms with Gasteiger partial charge in [-0.25, -0.2) is 9.78 Å². The smallest absolute Gasteiger partial charge is 0.453 e. The van der Waals surface area contributed by atoms with Gasteiger partial charge in [0.25, 0.3) is 0 Å².